The summed E-state index contributed by atoms with van der Waals surface area (Å²) in [4.78, 5) is 15.6. The van der Waals surface area contributed by atoms with Crippen molar-refractivity contribution < 1.29 is 4.79 Å². The maximum atomic E-state index is 11.0. The number of likely N-dealkylation sites (N-methyl/N-ethyl adjacent to an activating group) is 2. The van der Waals surface area contributed by atoms with Crippen molar-refractivity contribution in [1.82, 2.24) is 4.90 Å². The number of hydrogen-bond acceptors (Lipinski definition) is 3. The summed E-state index contributed by atoms with van der Waals surface area (Å²) in [7, 11) is 4.25. The lowest BCUT2D eigenvalue weighted by atomic mass is 10.0. The molecule has 1 aromatic carbocycles. The number of aldehydes is 1. The number of benzene rings is 1. The molecule has 1 fully saturated rings. The normalized spacial score (nSPS) is 21.2. The van der Waals surface area contributed by atoms with Crippen LogP contribution in [0.25, 0.3) is 0 Å². The first-order chi connectivity index (χ1) is 8.22. The van der Waals surface area contributed by atoms with Gasteiger partial charge in [0, 0.05) is 30.9 Å². The fraction of sp³-hybridized carbons (Fsp3) is 0.500. The van der Waals surface area contributed by atoms with Crippen LogP contribution in [-0.2, 0) is 0 Å². The van der Waals surface area contributed by atoms with Crippen molar-refractivity contribution in [3.8, 4) is 0 Å². The van der Waals surface area contributed by atoms with Gasteiger partial charge in [0.2, 0.25) is 0 Å². The summed E-state index contributed by atoms with van der Waals surface area (Å²) < 4.78 is 0. The standard InChI is InChI=1S/C14H20N2O/c1-15-9-5-7-13(10-15)16(2)14-8-4-3-6-12(14)11-17/h3-4,6,8,11,13H,5,7,9-10H2,1-2H3. The van der Waals surface area contributed by atoms with E-state index in [1.807, 2.05) is 24.3 Å². The molecule has 1 aliphatic rings. The lowest BCUT2D eigenvalue weighted by molar-refractivity contribution is 0.112. The van der Waals surface area contributed by atoms with Crippen LogP contribution in [0, 0.1) is 0 Å². The van der Waals surface area contributed by atoms with Crippen LogP contribution < -0.4 is 4.90 Å². The van der Waals surface area contributed by atoms with Crippen LogP contribution in [-0.4, -0.2) is 44.4 Å². The van der Waals surface area contributed by atoms with Crippen LogP contribution >= 0.6 is 0 Å². The average molecular weight is 232 g/mol. The molecule has 1 saturated heterocycles. The van der Waals surface area contributed by atoms with Crippen molar-refractivity contribution in [2.24, 2.45) is 0 Å². The highest BCUT2D eigenvalue weighted by Gasteiger charge is 2.22. The van der Waals surface area contributed by atoms with Gasteiger partial charge in [0.1, 0.15) is 0 Å². The van der Waals surface area contributed by atoms with Gasteiger partial charge in [-0.1, -0.05) is 12.1 Å². The molecule has 0 aliphatic carbocycles. The van der Waals surface area contributed by atoms with E-state index in [9.17, 15) is 4.79 Å². The predicted molar refractivity (Wildman–Crippen MR) is 70.8 cm³/mol. The van der Waals surface area contributed by atoms with Gasteiger partial charge in [0.05, 0.1) is 0 Å². The van der Waals surface area contributed by atoms with E-state index in [0.29, 0.717) is 6.04 Å². The van der Waals surface area contributed by atoms with Crippen LogP contribution in [0.5, 0.6) is 0 Å². The lowest BCUT2D eigenvalue weighted by Gasteiger charge is -2.37. The molecule has 17 heavy (non-hydrogen) atoms. The van der Waals surface area contributed by atoms with Gasteiger partial charge >= 0.3 is 0 Å². The Hall–Kier alpha value is -1.35. The zero-order valence-corrected chi connectivity index (χ0v) is 10.6. The largest absolute Gasteiger partial charge is 0.370 e. The second-order valence-corrected chi connectivity index (χ2v) is 4.85. The van der Waals surface area contributed by atoms with E-state index < -0.39 is 0 Å². The summed E-state index contributed by atoms with van der Waals surface area (Å²) >= 11 is 0. The minimum absolute atomic E-state index is 0.509. The first-order valence-corrected chi connectivity index (χ1v) is 6.18. The Morgan fingerprint density at radius 2 is 2.18 bits per heavy atom. The lowest BCUT2D eigenvalue weighted by Crippen LogP contribution is -2.45. The number of hydrogen-bond donors (Lipinski definition) is 0. The summed E-state index contributed by atoms with van der Waals surface area (Å²) in [5.74, 6) is 0. The number of carbonyl (C=O) groups excluding carboxylic acids is 1. The number of rotatable bonds is 3. The summed E-state index contributed by atoms with van der Waals surface area (Å²) in [6.45, 7) is 2.25. The molecule has 1 aliphatic heterocycles. The zero-order valence-electron chi connectivity index (χ0n) is 10.6. The highest BCUT2D eigenvalue weighted by Crippen LogP contribution is 2.23. The topological polar surface area (TPSA) is 23.6 Å². The van der Waals surface area contributed by atoms with Crippen molar-refractivity contribution in [3.63, 3.8) is 0 Å². The van der Waals surface area contributed by atoms with Gasteiger partial charge < -0.3 is 9.80 Å². The second kappa shape index (κ2) is 5.32. The Bertz CT molecular complexity index is 392. The molecule has 0 N–H and O–H groups in total. The van der Waals surface area contributed by atoms with E-state index in [1.165, 1.54) is 19.4 Å². The summed E-state index contributed by atoms with van der Waals surface area (Å²) in [5.41, 5.74) is 1.83. The molecule has 3 heteroatoms. The Morgan fingerprint density at radius 3 is 2.88 bits per heavy atom. The first kappa shape index (κ1) is 12.1. The van der Waals surface area contributed by atoms with Crippen molar-refractivity contribution in [1.29, 1.82) is 0 Å². The minimum Gasteiger partial charge on any atom is -0.370 e. The van der Waals surface area contributed by atoms with E-state index in [-0.39, 0.29) is 0 Å². The third-order valence-electron chi connectivity index (χ3n) is 3.59. The van der Waals surface area contributed by atoms with Crippen LogP contribution in [0.15, 0.2) is 24.3 Å². The monoisotopic (exact) mass is 232 g/mol. The van der Waals surface area contributed by atoms with Crippen molar-refractivity contribution >= 4 is 12.0 Å². The Kier molecular flexibility index (Phi) is 3.79. The summed E-state index contributed by atoms with van der Waals surface area (Å²) in [6.07, 6.45) is 3.38. The third-order valence-corrected chi connectivity index (χ3v) is 3.59. The summed E-state index contributed by atoms with van der Waals surface area (Å²) in [6, 6.07) is 8.32. The summed E-state index contributed by atoms with van der Waals surface area (Å²) in [5, 5.41) is 0. The molecular weight excluding hydrogens is 212 g/mol. The second-order valence-electron chi connectivity index (χ2n) is 4.85. The molecule has 1 unspecified atom stereocenters. The highest BCUT2D eigenvalue weighted by molar-refractivity contribution is 5.84. The van der Waals surface area contributed by atoms with Crippen molar-refractivity contribution in [3.05, 3.63) is 29.8 Å². The molecule has 92 valence electrons. The van der Waals surface area contributed by atoms with E-state index in [1.54, 1.807) is 0 Å². The average Bonchev–Trinajstić information content (AvgIpc) is 2.38. The van der Waals surface area contributed by atoms with Gasteiger partial charge in [0.25, 0.3) is 0 Å². The van der Waals surface area contributed by atoms with Gasteiger partial charge in [-0.15, -0.1) is 0 Å². The number of nitrogens with zero attached hydrogens (tertiary/aromatic N) is 2. The van der Waals surface area contributed by atoms with Gasteiger partial charge in [-0.3, -0.25) is 4.79 Å². The SMILES string of the molecule is CN1CCCC(N(C)c2ccccc2C=O)C1. The number of para-hydroxylation sites is 1. The van der Waals surface area contributed by atoms with Crippen molar-refractivity contribution in [2.75, 3.05) is 32.1 Å². The van der Waals surface area contributed by atoms with E-state index in [4.69, 9.17) is 0 Å². The van der Waals surface area contributed by atoms with Crippen LogP contribution in [0.4, 0.5) is 5.69 Å². The molecule has 0 aromatic heterocycles. The molecular formula is C14H20N2O. The Labute approximate surface area is 103 Å². The molecule has 0 radical (unpaired) electrons. The molecule has 3 nitrogen and oxygen atoms in total. The Balaban J connectivity index is 2.18. The van der Waals surface area contributed by atoms with E-state index >= 15 is 0 Å². The van der Waals surface area contributed by atoms with Crippen LogP contribution in [0.1, 0.15) is 23.2 Å². The number of likely N-dealkylation sites (tertiary alicyclic amines) is 1. The van der Waals surface area contributed by atoms with E-state index in [0.717, 1.165) is 24.1 Å². The number of anilines is 1. The van der Waals surface area contributed by atoms with Gasteiger partial charge in [-0.05, 0) is 38.6 Å². The van der Waals surface area contributed by atoms with Gasteiger partial charge in [-0.25, -0.2) is 0 Å². The van der Waals surface area contributed by atoms with Crippen LogP contribution in [0.2, 0.25) is 0 Å². The number of piperidine rings is 1. The molecule has 0 saturated carbocycles. The van der Waals surface area contributed by atoms with E-state index in [2.05, 4.69) is 23.9 Å². The quantitative estimate of drug-likeness (QED) is 0.745. The van der Waals surface area contributed by atoms with Crippen LogP contribution in [0.3, 0.4) is 0 Å². The molecule has 1 atom stereocenters. The maximum absolute atomic E-state index is 11.0. The molecule has 0 spiro atoms. The predicted octanol–water partition coefficient (Wildman–Crippen LogP) is 2.03. The third kappa shape index (κ3) is 2.67. The smallest absolute Gasteiger partial charge is 0.152 e. The Morgan fingerprint density at radius 1 is 1.41 bits per heavy atom. The molecule has 0 bridgehead atoms. The molecule has 0 amide bonds. The van der Waals surface area contributed by atoms with Crippen molar-refractivity contribution in [2.45, 2.75) is 18.9 Å². The van der Waals surface area contributed by atoms with Gasteiger partial charge in [-0.2, -0.15) is 0 Å². The fourth-order valence-electron chi connectivity index (χ4n) is 2.56. The van der Waals surface area contributed by atoms with Gasteiger partial charge in [0.15, 0.2) is 6.29 Å². The first-order valence-electron chi connectivity index (χ1n) is 6.18. The molecule has 2 rings (SSSR count). The minimum atomic E-state index is 0.509. The zero-order chi connectivity index (χ0) is 12.3. The molecule has 1 aromatic rings. The maximum Gasteiger partial charge on any atom is 0.152 e. The number of carbonyl (C=O) groups is 1. The highest BCUT2D eigenvalue weighted by atomic mass is 16.1. The fourth-order valence-corrected chi connectivity index (χ4v) is 2.56. The molecule has 1 heterocycles.